The molecule has 1 amide bonds. The van der Waals surface area contributed by atoms with E-state index in [1.807, 2.05) is 24.3 Å². The van der Waals surface area contributed by atoms with Crippen LogP contribution in [0.3, 0.4) is 0 Å². The molecule has 0 saturated carbocycles. The number of rotatable bonds is 4. The highest BCUT2D eigenvalue weighted by atomic mass is 35.5. The minimum Gasteiger partial charge on any atom is -0.454 e. The Morgan fingerprint density at radius 2 is 1.96 bits per heavy atom. The Hall–Kier alpha value is -2.67. The van der Waals surface area contributed by atoms with Crippen molar-refractivity contribution in [1.29, 1.82) is 0 Å². The number of amides is 1. The van der Waals surface area contributed by atoms with E-state index < -0.39 is 5.91 Å². The number of furan rings is 1. The fraction of sp³-hybridized carbons (Fsp3) is 0.333. The van der Waals surface area contributed by atoms with Crippen molar-refractivity contribution in [3.8, 4) is 0 Å². The number of benzene rings is 1. The van der Waals surface area contributed by atoms with Crippen LogP contribution in [0.25, 0.3) is 0 Å². The second-order valence-electron chi connectivity index (χ2n) is 5.96. The standard InChI is InChI=1S/C18H22ClN5O2/c1-21-18(22-12-13-6-7-16(26-13)17(20)25)24-10-8-23(9-11-24)15-5-3-2-4-14(15)19/h2-7H,8-12H2,1H3,(H2,20,25)(H,21,22). The van der Waals surface area contributed by atoms with Crippen molar-refractivity contribution < 1.29 is 9.21 Å². The number of hydrogen-bond donors (Lipinski definition) is 2. The lowest BCUT2D eigenvalue weighted by atomic mass is 10.2. The summed E-state index contributed by atoms with van der Waals surface area (Å²) in [5.74, 6) is 1.01. The van der Waals surface area contributed by atoms with Gasteiger partial charge in [-0.3, -0.25) is 9.79 Å². The number of halogens is 1. The van der Waals surface area contributed by atoms with E-state index in [0.717, 1.165) is 42.8 Å². The largest absolute Gasteiger partial charge is 0.454 e. The lowest BCUT2D eigenvalue weighted by molar-refractivity contribution is 0.0972. The Morgan fingerprint density at radius 3 is 2.58 bits per heavy atom. The molecule has 1 aromatic carbocycles. The van der Waals surface area contributed by atoms with Gasteiger partial charge >= 0.3 is 0 Å². The number of nitrogens with zero attached hydrogens (tertiary/aromatic N) is 3. The number of anilines is 1. The van der Waals surface area contributed by atoms with Crippen LogP contribution in [0.2, 0.25) is 5.02 Å². The average molecular weight is 376 g/mol. The minimum atomic E-state index is -0.573. The number of primary amides is 1. The molecule has 1 fully saturated rings. The van der Waals surface area contributed by atoms with Gasteiger partial charge in [0.25, 0.3) is 5.91 Å². The molecule has 0 spiro atoms. The maximum atomic E-state index is 11.1. The summed E-state index contributed by atoms with van der Waals surface area (Å²) < 4.78 is 5.38. The highest BCUT2D eigenvalue weighted by molar-refractivity contribution is 6.33. The Kier molecular flexibility index (Phi) is 5.68. The van der Waals surface area contributed by atoms with Crippen molar-refractivity contribution in [2.24, 2.45) is 10.7 Å². The molecule has 7 nitrogen and oxygen atoms in total. The van der Waals surface area contributed by atoms with Gasteiger partial charge in [-0.15, -0.1) is 0 Å². The van der Waals surface area contributed by atoms with Crippen molar-refractivity contribution in [2.75, 3.05) is 38.1 Å². The molecule has 26 heavy (non-hydrogen) atoms. The molecular weight excluding hydrogens is 354 g/mol. The van der Waals surface area contributed by atoms with Crippen LogP contribution < -0.4 is 16.0 Å². The summed E-state index contributed by atoms with van der Waals surface area (Å²) in [6, 6.07) is 11.2. The van der Waals surface area contributed by atoms with E-state index in [1.165, 1.54) is 0 Å². The number of aliphatic imine (C=N–C) groups is 1. The van der Waals surface area contributed by atoms with Gasteiger partial charge in [0.2, 0.25) is 0 Å². The number of piperazine rings is 1. The van der Waals surface area contributed by atoms with Crippen LogP contribution >= 0.6 is 11.6 Å². The van der Waals surface area contributed by atoms with Gasteiger partial charge in [0.05, 0.1) is 17.3 Å². The van der Waals surface area contributed by atoms with Gasteiger partial charge in [-0.1, -0.05) is 23.7 Å². The van der Waals surface area contributed by atoms with Gasteiger partial charge < -0.3 is 25.3 Å². The number of nitrogens with one attached hydrogen (secondary N) is 1. The number of para-hydroxylation sites is 1. The van der Waals surface area contributed by atoms with E-state index in [2.05, 4.69) is 20.1 Å². The minimum absolute atomic E-state index is 0.158. The SMILES string of the molecule is CN=C(NCc1ccc(C(N)=O)o1)N1CCN(c2ccccc2Cl)CC1. The summed E-state index contributed by atoms with van der Waals surface area (Å²) in [5.41, 5.74) is 6.26. The third kappa shape index (κ3) is 4.11. The fourth-order valence-electron chi connectivity index (χ4n) is 2.97. The van der Waals surface area contributed by atoms with Crippen LogP contribution in [0.1, 0.15) is 16.3 Å². The van der Waals surface area contributed by atoms with E-state index in [0.29, 0.717) is 12.3 Å². The molecule has 138 valence electrons. The van der Waals surface area contributed by atoms with Crippen LogP contribution in [0, 0.1) is 0 Å². The van der Waals surface area contributed by atoms with Gasteiger partial charge in [0.15, 0.2) is 11.7 Å². The maximum absolute atomic E-state index is 11.1. The molecule has 0 atom stereocenters. The predicted octanol–water partition coefficient (Wildman–Crippen LogP) is 1.93. The maximum Gasteiger partial charge on any atom is 0.284 e. The van der Waals surface area contributed by atoms with Gasteiger partial charge in [0.1, 0.15) is 5.76 Å². The molecule has 3 N–H and O–H groups in total. The van der Waals surface area contributed by atoms with Crippen LogP contribution in [0.15, 0.2) is 45.8 Å². The van der Waals surface area contributed by atoms with Gasteiger partial charge in [0, 0.05) is 33.2 Å². The number of guanidine groups is 1. The van der Waals surface area contributed by atoms with E-state index in [9.17, 15) is 4.79 Å². The fourth-order valence-corrected chi connectivity index (χ4v) is 3.23. The lowest BCUT2D eigenvalue weighted by Gasteiger charge is -2.38. The Bertz CT molecular complexity index is 796. The van der Waals surface area contributed by atoms with Gasteiger partial charge in [-0.05, 0) is 24.3 Å². The smallest absolute Gasteiger partial charge is 0.284 e. The highest BCUT2D eigenvalue weighted by Crippen LogP contribution is 2.26. The highest BCUT2D eigenvalue weighted by Gasteiger charge is 2.21. The number of carbonyl (C=O) groups is 1. The van der Waals surface area contributed by atoms with Crippen molar-refractivity contribution in [2.45, 2.75) is 6.54 Å². The van der Waals surface area contributed by atoms with Crippen LogP contribution in [0.4, 0.5) is 5.69 Å². The number of hydrogen-bond acceptors (Lipinski definition) is 4. The van der Waals surface area contributed by atoms with Crippen LogP contribution in [-0.4, -0.2) is 50.0 Å². The number of nitrogens with two attached hydrogens (primary N) is 1. The van der Waals surface area contributed by atoms with Gasteiger partial charge in [-0.2, -0.15) is 0 Å². The summed E-state index contributed by atoms with van der Waals surface area (Å²) in [6.45, 7) is 3.81. The summed E-state index contributed by atoms with van der Waals surface area (Å²) in [6.07, 6.45) is 0. The first kappa shape index (κ1) is 18.1. The second-order valence-corrected chi connectivity index (χ2v) is 6.36. The first-order valence-electron chi connectivity index (χ1n) is 8.42. The van der Waals surface area contributed by atoms with E-state index in [-0.39, 0.29) is 5.76 Å². The zero-order chi connectivity index (χ0) is 18.5. The molecule has 0 unspecified atom stereocenters. The molecular formula is C18H22ClN5O2. The third-order valence-electron chi connectivity index (χ3n) is 4.31. The monoisotopic (exact) mass is 375 g/mol. The number of carbonyl (C=O) groups excluding carboxylic acids is 1. The van der Waals surface area contributed by atoms with Crippen molar-refractivity contribution in [1.82, 2.24) is 10.2 Å². The predicted molar refractivity (Wildman–Crippen MR) is 103 cm³/mol. The van der Waals surface area contributed by atoms with E-state index in [4.69, 9.17) is 21.8 Å². The molecule has 1 aliphatic rings. The molecule has 3 rings (SSSR count). The molecule has 0 aliphatic carbocycles. The van der Waals surface area contributed by atoms with Crippen LogP contribution in [-0.2, 0) is 6.54 Å². The third-order valence-corrected chi connectivity index (χ3v) is 4.63. The molecule has 1 saturated heterocycles. The Labute approximate surface area is 157 Å². The molecule has 0 bridgehead atoms. The second kappa shape index (κ2) is 8.14. The molecule has 2 heterocycles. The summed E-state index contributed by atoms with van der Waals surface area (Å²) in [5, 5.41) is 4.03. The first-order valence-corrected chi connectivity index (χ1v) is 8.80. The first-order chi connectivity index (χ1) is 12.6. The zero-order valence-electron chi connectivity index (χ0n) is 14.6. The molecule has 0 radical (unpaired) electrons. The topological polar surface area (TPSA) is 87.1 Å². The summed E-state index contributed by atoms with van der Waals surface area (Å²) in [4.78, 5) is 19.9. The summed E-state index contributed by atoms with van der Waals surface area (Å²) in [7, 11) is 1.75. The van der Waals surface area contributed by atoms with Gasteiger partial charge in [-0.25, -0.2) is 0 Å². The van der Waals surface area contributed by atoms with E-state index in [1.54, 1.807) is 19.2 Å². The average Bonchev–Trinajstić information content (AvgIpc) is 3.13. The zero-order valence-corrected chi connectivity index (χ0v) is 15.4. The molecule has 1 aliphatic heterocycles. The van der Waals surface area contributed by atoms with E-state index >= 15 is 0 Å². The van der Waals surface area contributed by atoms with Crippen LogP contribution in [0.5, 0.6) is 0 Å². The van der Waals surface area contributed by atoms with Crippen molar-refractivity contribution in [3.05, 3.63) is 52.9 Å². The molecule has 8 heteroatoms. The Morgan fingerprint density at radius 1 is 1.23 bits per heavy atom. The van der Waals surface area contributed by atoms with Crippen molar-refractivity contribution in [3.63, 3.8) is 0 Å². The summed E-state index contributed by atoms with van der Waals surface area (Å²) >= 11 is 6.29. The lowest BCUT2D eigenvalue weighted by Crippen LogP contribution is -2.52. The molecule has 2 aromatic rings. The molecule has 1 aromatic heterocycles. The van der Waals surface area contributed by atoms with Crippen molar-refractivity contribution >= 4 is 29.2 Å². The quantitative estimate of drug-likeness (QED) is 0.629. The Balaban J connectivity index is 1.55. The normalized spacial score (nSPS) is 15.2.